The maximum Gasteiger partial charge on any atom is 0.306 e. The van der Waals surface area contributed by atoms with Gasteiger partial charge in [-0.1, -0.05) is 5.16 Å². The zero-order chi connectivity index (χ0) is 13.8. The SMILES string of the molecule is COC(=O)CCN(C)S(=O)(=O)Nc1cc(C)no1. The van der Waals surface area contributed by atoms with Gasteiger partial charge in [-0.2, -0.15) is 12.7 Å². The number of hydrogen-bond donors (Lipinski definition) is 1. The minimum Gasteiger partial charge on any atom is -0.469 e. The highest BCUT2D eigenvalue weighted by molar-refractivity contribution is 7.90. The molecule has 0 aliphatic heterocycles. The van der Waals surface area contributed by atoms with Crippen LogP contribution < -0.4 is 4.72 Å². The molecule has 9 heteroatoms. The molecule has 18 heavy (non-hydrogen) atoms. The fourth-order valence-corrected chi connectivity index (χ4v) is 1.93. The van der Waals surface area contributed by atoms with Crippen molar-refractivity contribution in [3.05, 3.63) is 11.8 Å². The largest absolute Gasteiger partial charge is 0.469 e. The first-order valence-corrected chi connectivity index (χ1v) is 6.53. The van der Waals surface area contributed by atoms with Gasteiger partial charge in [-0.15, -0.1) is 0 Å². The Bertz CT molecular complexity index is 510. The Morgan fingerprint density at radius 1 is 1.61 bits per heavy atom. The second-order valence-corrected chi connectivity index (χ2v) is 5.36. The molecule has 1 N–H and O–H groups in total. The smallest absolute Gasteiger partial charge is 0.306 e. The zero-order valence-corrected chi connectivity index (χ0v) is 11.2. The lowest BCUT2D eigenvalue weighted by molar-refractivity contribution is -0.140. The molecule has 1 aromatic heterocycles. The molecular formula is C9H15N3O5S. The third-order valence-corrected chi connectivity index (χ3v) is 3.59. The van der Waals surface area contributed by atoms with Crippen molar-refractivity contribution in [1.82, 2.24) is 9.46 Å². The van der Waals surface area contributed by atoms with Crippen molar-refractivity contribution in [1.29, 1.82) is 0 Å². The molecule has 0 aliphatic rings. The summed E-state index contributed by atoms with van der Waals surface area (Å²) in [5.74, 6) is -0.454. The number of aromatic nitrogens is 1. The summed E-state index contributed by atoms with van der Waals surface area (Å²) in [7, 11) is -1.18. The van der Waals surface area contributed by atoms with Crippen LogP contribution in [0.1, 0.15) is 12.1 Å². The average molecular weight is 277 g/mol. The van der Waals surface area contributed by atoms with Gasteiger partial charge in [0.05, 0.1) is 19.2 Å². The van der Waals surface area contributed by atoms with Crippen LogP contribution in [0.2, 0.25) is 0 Å². The van der Waals surface area contributed by atoms with Crippen LogP contribution in [0.4, 0.5) is 5.88 Å². The van der Waals surface area contributed by atoms with Gasteiger partial charge in [0, 0.05) is 19.7 Å². The van der Waals surface area contributed by atoms with Gasteiger partial charge in [-0.25, -0.2) is 4.72 Å². The maximum absolute atomic E-state index is 11.8. The number of esters is 1. The number of rotatable bonds is 6. The van der Waals surface area contributed by atoms with Crippen LogP contribution in [0, 0.1) is 6.92 Å². The molecule has 0 aromatic carbocycles. The molecule has 0 saturated carbocycles. The van der Waals surface area contributed by atoms with Gasteiger partial charge >= 0.3 is 16.2 Å². The number of carbonyl (C=O) groups is 1. The average Bonchev–Trinajstić information content (AvgIpc) is 2.70. The van der Waals surface area contributed by atoms with Gasteiger partial charge in [0.15, 0.2) is 0 Å². The van der Waals surface area contributed by atoms with Crippen molar-refractivity contribution in [3.8, 4) is 0 Å². The Morgan fingerprint density at radius 2 is 2.28 bits per heavy atom. The minimum atomic E-state index is -3.76. The number of nitrogens with zero attached hydrogens (tertiary/aromatic N) is 2. The third kappa shape index (κ3) is 4.00. The van der Waals surface area contributed by atoms with Gasteiger partial charge in [-0.05, 0) is 6.92 Å². The van der Waals surface area contributed by atoms with E-state index in [1.807, 2.05) is 0 Å². The van der Waals surface area contributed by atoms with Crippen LogP contribution in [-0.2, 0) is 19.7 Å². The molecule has 1 heterocycles. The molecule has 0 saturated heterocycles. The van der Waals surface area contributed by atoms with Crippen molar-refractivity contribution in [3.63, 3.8) is 0 Å². The monoisotopic (exact) mass is 277 g/mol. The van der Waals surface area contributed by atoms with E-state index in [0.717, 1.165) is 4.31 Å². The first-order chi connectivity index (χ1) is 8.35. The molecule has 0 unspecified atom stereocenters. The molecule has 1 aromatic rings. The lowest BCUT2D eigenvalue weighted by Gasteiger charge is -2.15. The molecule has 0 fully saturated rings. The number of ether oxygens (including phenoxy) is 1. The molecule has 0 bridgehead atoms. The number of carbonyl (C=O) groups excluding carboxylic acids is 1. The predicted octanol–water partition coefficient (Wildman–Crippen LogP) is 0.135. The number of anilines is 1. The molecule has 0 amide bonds. The van der Waals surface area contributed by atoms with E-state index in [9.17, 15) is 13.2 Å². The predicted molar refractivity (Wildman–Crippen MR) is 63.0 cm³/mol. The van der Waals surface area contributed by atoms with E-state index in [1.165, 1.54) is 20.2 Å². The lowest BCUT2D eigenvalue weighted by atomic mass is 10.4. The first-order valence-electron chi connectivity index (χ1n) is 5.09. The van der Waals surface area contributed by atoms with Crippen LogP contribution in [0.15, 0.2) is 10.6 Å². The second kappa shape index (κ2) is 5.83. The van der Waals surface area contributed by atoms with Gasteiger partial charge in [0.2, 0.25) is 5.88 Å². The van der Waals surface area contributed by atoms with E-state index < -0.39 is 16.2 Å². The summed E-state index contributed by atoms with van der Waals surface area (Å²) in [5, 5.41) is 3.55. The molecular weight excluding hydrogens is 262 g/mol. The fraction of sp³-hybridized carbons (Fsp3) is 0.556. The topological polar surface area (TPSA) is 102 Å². The first kappa shape index (κ1) is 14.5. The van der Waals surface area contributed by atoms with Crippen molar-refractivity contribution >= 4 is 22.1 Å². The Kier molecular flexibility index (Phi) is 4.68. The van der Waals surface area contributed by atoms with Crippen LogP contribution in [0.25, 0.3) is 0 Å². The highest BCUT2D eigenvalue weighted by atomic mass is 32.2. The molecule has 102 valence electrons. The number of nitrogens with one attached hydrogen (secondary N) is 1. The Morgan fingerprint density at radius 3 is 2.78 bits per heavy atom. The molecule has 0 atom stereocenters. The zero-order valence-electron chi connectivity index (χ0n) is 10.3. The van der Waals surface area contributed by atoms with E-state index in [0.29, 0.717) is 5.69 Å². The third-order valence-electron chi connectivity index (χ3n) is 2.13. The Labute approximate surface area is 105 Å². The second-order valence-electron chi connectivity index (χ2n) is 3.59. The highest BCUT2D eigenvalue weighted by Crippen LogP contribution is 2.12. The molecule has 0 aliphatic carbocycles. The van der Waals surface area contributed by atoms with E-state index in [1.54, 1.807) is 6.92 Å². The quantitative estimate of drug-likeness (QED) is 0.742. The van der Waals surface area contributed by atoms with Crippen LogP contribution in [-0.4, -0.2) is 44.6 Å². The van der Waals surface area contributed by atoms with Gasteiger partial charge < -0.3 is 9.26 Å². The number of methoxy groups -OCH3 is 1. The fourth-order valence-electron chi connectivity index (χ4n) is 1.09. The summed E-state index contributed by atoms with van der Waals surface area (Å²) in [6, 6.07) is 1.45. The van der Waals surface area contributed by atoms with Gasteiger partial charge in [-0.3, -0.25) is 4.79 Å². The van der Waals surface area contributed by atoms with Gasteiger partial charge in [0.25, 0.3) is 0 Å². The van der Waals surface area contributed by atoms with E-state index in [4.69, 9.17) is 4.52 Å². The summed E-state index contributed by atoms with van der Waals surface area (Å²) < 4.78 is 35.9. The lowest BCUT2D eigenvalue weighted by Crippen LogP contribution is -2.34. The number of aryl methyl sites for hydroxylation is 1. The van der Waals surface area contributed by atoms with E-state index in [2.05, 4.69) is 14.6 Å². The van der Waals surface area contributed by atoms with Crippen molar-refractivity contribution in [2.75, 3.05) is 25.4 Å². The molecule has 0 radical (unpaired) electrons. The summed E-state index contributed by atoms with van der Waals surface area (Å²) in [5.41, 5.74) is 0.560. The van der Waals surface area contributed by atoms with Gasteiger partial charge in [0.1, 0.15) is 0 Å². The van der Waals surface area contributed by atoms with Crippen LogP contribution in [0.3, 0.4) is 0 Å². The van der Waals surface area contributed by atoms with Crippen molar-refractivity contribution < 1.29 is 22.5 Å². The van der Waals surface area contributed by atoms with E-state index >= 15 is 0 Å². The highest BCUT2D eigenvalue weighted by Gasteiger charge is 2.20. The van der Waals surface area contributed by atoms with Crippen molar-refractivity contribution in [2.45, 2.75) is 13.3 Å². The standard InChI is InChI=1S/C9H15N3O5S/c1-7-6-8(17-10-7)11-18(14,15)12(2)5-4-9(13)16-3/h6,11H,4-5H2,1-3H3. The summed E-state index contributed by atoms with van der Waals surface area (Å²) >= 11 is 0. The molecule has 8 nitrogen and oxygen atoms in total. The van der Waals surface area contributed by atoms with Crippen LogP contribution in [0.5, 0.6) is 0 Å². The normalized spacial score (nSPS) is 11.6. The summed E-state index contributed by atoms with van der Waals surface area (Å²) in [6.45, 7) is 1.68. The Balaban J connectivity index is 2.60. The molecule has 1 rings (SSSR count). The summed E-state index contributed by atoms with van der Waals surface area (Å²) in [6.07, 6.45) is -0.0245. The summed E-state index contributed by atoms with van der Waals surface area (Å²) in [4.78, 5) is 10.9. The maximum atomic E-state index is 11.8. The molecule has 0 spiro atoms. The van der Waals surface area contributed by atoms with Crippen molar-refractivity contribution in [2.24, 2.45) is 0 Å². The minimum absolute atomic E-state index is 0.00905. The van der Waals surface area contributed by atoms with Crippen LogP contribution >= 0.6 is 0 Å². The Hall–Kier alpha value is -1.61. The number of hydrogen-bond acceptors (Lipinski definition) is 6. The van der Waals surface area contributed by atoms with E-state index in [-0.39, 0.29) is 18.8 Å².